The largest absolute Gasteiger partial charge is 0.497 e. The molecule has 0 amide bonds. The van der Waals surface area contributed by atoms with Gasteiger partial charge in [-0.05, 0) is 0 Å². The zero-order valence-electron chi connectivity index (χ0n) is 7.30. The third-order valence-corrected chi connectivity index (χ3v) is 0.510. The third kappa shape index (κ3) is 22.4. The number of hydrogen-bond donors (Lipinski definition) is 0. The number of hydrogen-bond acceptors (Lipinski definition) is 4. The Labute approximate surface area is 76.8 Å². The van der Waals surface area contributed by atoms with E-state index >= 15 is 0 Å². The Morgan fingerprint density at radius 3 is 1.14 bits per heavy atom. The van der Waals surface area contributed by atoms with Crippen LogP contribution in [0.3, 0.4) is 0 Å². The van der Waals surface area contributed by atoms with Crippen molar-refractivity contribution >= 4 is 12.4 Å². The van der Waals surface area contributed by atoms with Gasteiger partial charge in [0.2, 0.25) is 12.7 Å². The first-order chi connectivity index (χ1) is 6.25. The van der Waals surface area contributed by atoms with Crippen molar-refractivity contribution in [3.8, 4) is 0 Å². The van der Waals surface area contributed by atoms with Crippen LogP contribution in [0.5, 0.6) is 0 Å². The molecular weight excluding hydrogens is 212 g/mol. The van der Waals surface area contributed by atoms with Gasteiger partial charge in [-0.15, -0.1) is 8.78 Å². The van der Waals surface area contributed by atoms with Gasteiger partial charge in [-0.25, -0.2) is 18.4 Å². The third-order valence-electron chi connectivity index (χ3n) is 0.510. The van der Waals surface area contributed by atoms with E-state index in [1.165, 1.54) is 0 Å². The summed E-state index contributed by atoms with van der Waals surface area (Å²) in [6.07, 6.45) is -7.88. The van der Waals surface area contributed by atoms with Gasteiger partial charge in [0.25, 0.3) is 0 Å². The van der Waals surface area contributed by atoms with E-state index in [0.29, 0.717) is 0 Å². The lowest BCUT2D eigenvalue weighted by atomic mass is 10.8. The summed E-state index contributed by atoms with van der Waals surface area (Å²) in [5.74, 6) is 0. The SMILES string of the molecule is CC(F)OC(=O)F.CC(F)OC(=O)F. The van der Waals surface area contributed by atoms with Crippen molar-refractivity contribution in [3.63, 3.8) is 0 Å². The number of carbonyl (C=O) groups is 2. The lowest BCUT2D eigenvalue weighted by Gasteiger charge is -1.94. The second kappa shape index (κ2) is 8.27. The average molecular weight is 220 g/mol. The molecule has 0 fully saturated rings. The summed E-state index contributed by atoms with van der Waals surface area (Å²) in [6, 6.07) is 0. The monoisotopic (exact) mass is 220 g/mol. The molecular formula is C6H8F4O4. The summed E-state index contributed by atoms with van der Waals surface area (Å²) in [6.45, 7) is 1.83. The van der Waals surface area contributed by atoms with Crippen molar-refractivity contribution in [1.29, 1.82) is 0 Å². The van der Waals surface area contributed by atoms with Crippen LogP contribution in [-0.2, 0) is 9.47 Å². The topological polar surface area (TPSA) is 52.6 Å². The molecule has 0 heterocycles. The molecule has 0 saturated heterocycles. The highest BCUT2D eigenvalue weighted by atomic mass is 19.2. The normalized spacial score (nSPS) is 13.0. The minimum Gasteiger partial charge on any atom is -0.406 e. The van der Waals surface area contributed by atoms with E-state index in [-0.39, 0.29) is 0 Å². The molecule has 0 aliphatic heterocycles. The predicted molar refractivity (Wildman–Crippen MR) is 36.3 cm³/mol. The average Bonchev–Trinajstić information content (AvgIpc) is 1.79. The summed E-state index contributed by atoms with van der Waals surface area (Å²) >= 11 is 0. The summed E-state index contributed by atoms with van der Waals surface area (Å²) < 4.78 is 50.8. The Morgan fingerprint density at radius 1 is 0.929 bits per heavy atom. The maximum absolute atomic E-state index is 11.3. The van der Waals surface area contributed by atoms with Crippen molar-refractivity contribution < 1.29 is 36.6 Å². The molecule has 0 aliphatic carbocycles. The smallest absolute Gasteiger partial charge is 0.406 e. The van der Waals surface area contributed by atoms with Gasteiger partial charge in [0, 0.05) is 13.8 Å². The number of ether oxygens (including phenoxy) is 2. The number of halogens is 4. The highest BCUT2D eigenvalue weighted by Crippen LogP contribution is 1.92. The molecule has 0 bridgehead atoms. The highest BCUT2D eigenvalue weighted by molar-refractivity contribution is 5.58. The highest BCUT2D eigenvalue weighted by Gasteiger charge is 2.02. The molecule has 0 N–H and O–H groups in total. The van der Waals surface area contributed by atoms with Gasteiger partial charge >= 0.3 is 12.4 Å². The van der Waals surface area contributed by atoms with Crippen molar-refractivity contribution in [3.05, 3.63) is 0 Å². The zero-order chi connectivity index (χ0) is 11.7. The molecule has 2 atom stereocenters. The fourth-order valence-electron chi connectivity index (χ4n) is 0.255. The molecule has 0 aromatic rings. The quantitative estimate of drug-likeness (QED) is 0.530. The van der Waals surface area contributed by atoms with Gasteiger partial charge in [-0.2, -0.15) is 0 Å². The first kappa shape index (κ1) is 15.1. The van der Waals surface area contributed by atoms with Gasteiger partial charge in [0.1, 0.15) is 0 Å². The molecule has 0 rings (SSSR count). The van der Waals surface area contributed by atoms with Crippen LogP contribution in [-0.4, -0.2) is 25.2 Å². The summed E-state index contributed by atoms with van der Waals surface area (Å²) in [5.41, 5.74) is 0. The summed E-state index contributed by atoms with van der Waals surface area (Å²) in [4.78, 5) is 18.3. The molecule has 0 aliphatic rings. The van der Waals surface area contributed by atoms with Crippen LogP contribution in [0.4, 0.5) is 27.2 Å². The van der Waals surface area contributed by atoms with Crippen LogP contribution in [0, 0.1) is 0 Å². The van der Waals surface area contributed by atoms with Gasteiger partial charge in [0.05, 0.1) is 0 Å². The second-order valence-corrected chi connectivity index (χ2v) is 1.80. The minimum atomic E-state index is -2.09. The van der Waals surface area contributed by atoms with Crippen LogP contribution in [0.1, 0.15) is 13.8 Å². The molecule has 0 spiro atoms. The maximum atomic E-state index is 11.3. The Balaban J connectivity index is 0. The Bertz CT molecular complexity index is 163. The molecule has 84 valence electrons. The van der Waals surface area contributed by atoms with Crippen LogP contribution in [0.2, 0.25) is 0 Å². The number of carbonyl (C=O) groups excluding carboxylic acids is 2. The second-order valence-electron chi connectivity index (χ2n) is 1.80. The van der Waals surface area contributed by atoms with Crippen molar-refractivity contribution in [2.24, 2.45) is 0 Å². The van der Waals surface area contributed by atoms with Gasteiger partial charge in [-0.1, -0.05) is 0 Å². The standard InChI is InChI=1S/2C3H4F2O2/c2*1-2(4)7-3(5)6/h2*2H,1H3. The maximum Gasteiger partial charge on any atom is 0.497 e. The fraction of sp³-hybridized carbons (Fsp3) is 0.667. The number of rotatable bonds is 2. The van der Waals surface area contributed by atoms with Gasteiger partial charge < -0.3 is 9.47 Å². The lowest BCUT2D eigenvalue weighted by molar-refractivity contribution is 0.0120. The number of alkyl halides is 2. The van der Waals surface area contributed by atoms with E-state index in [4.69, 9.17) is 9.59 Å². The van der Waals surface area contributed by atoms with Crippen molar-refractivity contribution in [2.45, 2.75) is 26.6 Å². The van der Waals surface area contributed by atoms with Crippen LogP contribution < -0.4 is 0 Å². The first-order valence-electron chi connectivity index (χ1n) is 3.26. The minimum absolute atomic E-state index is 0.914. The van der Waals surface area contributed by atoms with Gasteiger partial charge in [0.15, 0.2) is 0 Å². The Hall–Kier alpha value is -1.34. The lowest BCUT2D eigenvalue weighted by Crippen LogP contribution is -2.02. The molecule has 0 aromatic carbocycles. The van der Waals surface area contributed by atoms with E-state index < -0.39 is 25.2 Å². The van der Waals surface area contributed by atoms with Crippen LogP contribution in [0.15, 0.2) is 0 Å². The summed E-state index contributed by atoms with van der Waals surface area (Å²) in [7, 11) is 0. The molecule has 0 radical (unpaired) electrons. The molecule has 4 nitrogen and oxygen atoms in total. The molecule has 0 aromatic heterocycles. The Morgan fingerprint density at radius 2 is 1.14 bits per heavy atom. The van der Waals surface area contributed by atoms with E-state index in [0.717, 1.165) is 13.8 Å². The van der Waals surface area contributed by atoms with Gasteiger partial charge in [-0.3, -0.25) is 0 Å². The fourth-order valence-corrected chi connectivity index (χ4v) is 0.255. The van der Waals surface area contributed by atoms with E-state index in [2.05, 4.69) is 9.47 Å². The first-order valence-corrected chi connectivity index (χ1v) is 3.26. The van der Waals surface area contributed by atoms with Crippen molar-refractivity contribution in [1.82, 2.24) is 0 Å². The zero-order valence-corrected chi connectivity index (χ0v) is 7.30. The Kier molecular flexibility index (Phi) is 8.94. The predicted octanol–water partition coefficient (Wildman–Crippen LogP) is 2.82. The van der Waals surface area contributed by atoms with E-state index in [1.54, 1.807) is 0 Å². The van der Waals surface area contributed by atoms with Crippen molar-refractivity contribution in [2.75, 3.05) is 0 Å². The molecule has 8 heteroatoms. The summed E-state index contributed by atoms with van der Waals surface area (Å²) in [5, 5.41) is 0. The van der Waals surface area contributed by atoms with Crippen LogP contribution >= 0.6 is 0 Å². The molecule has 14 heavy (non-hydrogen) atoms. The van der Waals surface area contributed by atoms with E-state index in [9.17, 15) is 17.6 Å². The molecule has 2 unspecified atom stereocenters. The molecule has 0 saturated carbocycles. The van der Waals surface area contributed by atoms with Crippen LogP contribution in [0.25, 0.3) is 0 Å². The van der Waals surface area contributed by atoms with E-state index in [1.807, 2.05) is 0 Å².